The second-order valence-corrected chi connectivity index (χ2v) is 14.1. The summed E-state index contributed by atoms with van der Waals surface area (Å²) in [5, 5.41) is 4.93. The van der Waals surface area contributed by atoms with Gasteiger partial charge in [-0.05, 0) is 77.9 Å². The largest absolute Gasteiger partial charge is 0.309 e. The summed E-state index contributed by atoms with van der Waals surface area (Å²) in [6, 6.07) is 70.3. The molecule has 3 aromatic heterocycles. The van der Waals surface area contributed by atoms with Crippen molar-refractivity contribution in [1.29, 1.82) is 0 Å². The first-order valence-electron chi connectivity index (χ1n) is 18.9. The number of rotatable bonds is 6. The van der Waals surface area contributed by atoms with Crippen LogP contribution >= 0.6 is 0 Å². The number of benzene rings is 8. The third-order valence-corrected chi connectivity index (χ3v) is 10.8. The first-order chi connectivity index (χ1) is 27.8. The number of para-hydroxylation sites is 3. The molecule has 5 nitrogen and oxygen atoms in total. The Labute approximate surface area is 323 Å². The first-order valence-corrected chi connectivity index (χ1v) is 18.9. The van der Waals surface area contributed by atoms with Crippen molar-refractivity contribution in [3.63, 3.8) is 0 Å². The zero-order valence-electron chi connectivity index (χ0n) is 30.3. The fourth-order valence-corrected chi connectivity index (χ4v) is 8.14. The predicted octanol–water partition coefficient (Wildman–Crippen LogP) is 12.7. The normalized spacial score (nSPS) is 11.6. The van der Waals surface area contributed by atoms with Crippen LogP contribution in [0.1, 0.15) is 0 Å². The van der Waals surface area contributed by atoms with E-state index in [-0.39, 0.29) is 0 Å². The van der Waals surface area contributed by atoms with Crippen molar-refractivity contribution in [2.45, 2.75) is 0 Å². The monoisotopic (exact) mass is 715 g/mol. The van der Waals surface area contributed by atoms with E-state index in [9.17, 15) is 0 Å². The average molecular weight is 716 g/mol. The van der Waals surface area contributed by atoms with Gasteiger partial charge >= 0.3 is 0 Å². The molecule has 0 bridgehead atoms. The van der Waals surface area contributed by atoms with Crippen LogP contribution in [0.4, 0.5) is 0 Å². The minimum absolute atomic E-state index is 0.627. The van der Waals surface area contributed by atoms with Gasteiger partial charge in [-0.1, -0.05) is 133 Å². The van der Waals surface area contributed by atoms with Crippen LogP contribution in [0.2, 0.25) is 0 Å². The Morgan fingerprint density at radius 2 is 0.679 bits per heavy atom. The minimum Gasteiger partial charge on any atom is -0.309 e. The van der Waals surface area contributed by atoms with E-state index in [1.807, 2.05) is 36.4 Å². The zero-order valence-corrected chi connectivity index (χ0v) is 30.3. The number of nitrogens with zero attached hydrogens (tertiary/aromatic N) is 5. The maximum absolute atomic E-state index is 5.09. The van der Waals surface area contributed by atoms with Gasteiger partial charge in [0.25, 0.3) is 0 Å². The molecule has 0 atom stereocenters. The second kappa shape index (κ2) is 13.0. The highest BCUT2D eigenvalue weighted by atomic mass is 15.0. The van der Waals surface area contributed by atoms with Gasteiger partial charge in [-0.3, -0.25) is 0 Å². The highest BCUT2D eigenvalue weighted by Crippen LogP contribution is 2.40. The van der Waals surface area contributed by atoms with Crippen LogP contribution in [0.25, 0.3) is 100 Å². The topological polar surface area (TPSA) is 48.5 Å². The lowest BCUT2D eigenvalue weighted by Crippen LogP contribution is -2.01. The summed E-state index contributed by atoms with van der Waals surface area (Å²) in [6.45, 7) is 0. The van der Waals surface area contributed by atoms with Gasteiger partial charge in [-0.2, -0.15) is 0 Å². The van der Waals surface area contributed by atoms with Gasteiger partial charge in [0.15, 0.2) is 17.5 Å². The van der Waals surface area contributed by atoms with Crippen LogP contribution in [0, 0.1) is 0 Å². The van der Waals surface area contributed by atoms with Crippen molar-refractivity contribution in [1.82, 2.24) is 24.1 Å². The molecule has 56 heavy (non-hydrogen) atoms. The molecule has 0 amide bonds. The fourth-order valence-electron chi connectivity index (χ4n) is 8.14. The molecule has 3 heterocycles. The lowest BCUT2D eigenvalue weighted by molar-refractivity contribution is 1.07. The molecule has 0 unspecified atom stereocenters. The van der Waals surface area contributed by atoms with Crippen molar-refractivity contribution in [3.05, 3.63) is 200 Å². The third-order valence-electron chi connectivity index (χ3n) is 10.8. The van der Waals surface area contributed by atoms with E-state index in [1.165, 1.54) is 32.6 Å². The van der Waals surface area contributed by atoms with Crippen LogP contribution in [0.15, 0.2) is 200 Å². The number of fused-ring (bicyclic) bond motifs is 6. The van der Waals surface area contributed by atoms with Crippen molar-refractivity contribution < 1.29 is 0 Å². The summed E-state index contributed by atoms with van der Waals surface area (Å²) >= 11 is 0. The van der Waals surface area contributed by atoms with E-state index in [0.29, 0.717) is 17.5 Å². The van der Waals surface area contributed by atoms with E-state index in [1.54, 1.807) is 0 Å². The highest BCUT2D eigenvalue weighted by Gasteiger charge is 2.19. The molecular formula is C51H33N5. The number of hydrogen-bond acceptors (Lipinski definition) is 3. The van der Waals surface area contributed by atoms with Crippen LogP contribution in [0.5, 0.6) is 0 Å². The lowest BCUT2D eigenvalue weighted by Gasteiger charge is -2.12. The van der Waals surface area contributed by atoms with Gasteiger partial charge in [0, 0.05) is 49.6 Å². The Morgan fingerprint density at radius 3 is 1.27 bits per heavy atom. The fraction of sp³-hybridized carbons (Fsp3) is 0. The molecule has 8 aromatic carbocycles. The smallest absolute Gasteiger partial charge is 0.164 e. The molecule has 0 aliphatic rings. The molecule has 0 spiro atoms. The maximum Gasteiger partial charge on any atom is 0.164 e. The molecule has 5 heteroatoms. The Kier molecular flexibility index (Phi) is 7.42. The van der Waals surface area contributed by atoms with Crippen LogP contribution in [0.3, 0.4) is 0 Å². The Hall–Kier alpha value is -7.63. The van der Waals surface area contributed by atoms with Crippen molar-refractivity contribution in [3.8, 4) is 56.7 Å². The molecule has 0 saturated heterocycles. The molecule has 11 aromatic rings. The van der Waals surface area contributed by atoms with Crippen molar-refractivity contribution in [2.75, 3.05) is 0 Å². The lowest BCUT2D eigenvalue weighted by atomic mass is 10.0. The summed E-state index contributed by atoms with van der Waals surface area (Å²) in [5.74, 6) is 1.90. The van der Waals surface area contributed by atoms with Crippen LogP contribution < -0.4 is 0 Å². The average Bonchev–Trinajstić information content (AvgIpc) is 3.78. The third kappa shape index (κ3) is 5.29. The highest BCUT2D eigenvalue weighted by molar-refractivity contribution is 6.19. The molecular weight excluding hydrogens is 683 g/mol. The Morgan fingerprint density at radius 1 is 0.250 bits per heavy atom. The van der Waals surface area contributed by atoms with Gasteiger partial charge in [-0.25, -0.2) is 15.0 Å². The molecule has 0 saturated carbocycles. The standard InChI is InChI=1S/C51H33N5/c1-4-15-34(16-5-1)37-19-14-20-38(31-37)51-53-49(35-17-6-2-7-18-35)52-50(54-51)36-27-29-40(30-28-36)56-46-26-13-11-24-42(46)44-32-43-41-23-10-12-25-45(41)55(47(43)33-48(44)56)39-21-8-3-9-22-39/h1-33H. The summed E-state index contributed by atoms with van der Waals surface area (Å²) in [7, 11) is 0. The molecule has 0 fully saturated rings. The maximum atomic E-state index is 5.09. The first kappa shape index (κ1) is 31.9. The zero-order chi connectivity index (χ0) is 37.0. The molecule has 0 aliphatic heterocycles. The van der Waals surface area contributed by atoms with Gasteiger partial charge in [-0.15, -0.1) is 0 Å². The van der Waals surface area contributed by atoms with Crippen molar-refractivity contribution >= 4 is 43.6 Å². The quantitative estimate of drug-likeness (QED) is 0.172. The summed E-state index contributed by atoms with van der Waals surface area (Å²) < 4.78 is 4.76. The number of aromatic nitrogens is 5. The summed E-state index contributed by atoms with van der Waals surface area (Å²) in [6.07, 6.45) is 0. The Bertz CT molecular complexity index is 3220. The van der Waals surface area contributed by atoms with Gasteiger partial charge < -0.3 is 9.13 Å². The SMILES string of the molecule is c1ccc(-c2cccc(-c3nc(-c4ccccc4)nc(-c4ccc(-n5c6ccccc6c6cc7c8ccccc8n(-c8ccccc8)c7cc65)cc4)n3)c2)cc1. The molecule has 0 radical (unpaired) electrons. The summed E-state index contributed by atoms with van der Waals surface area (Å²) in [5.41, 5.74) is 11.9. The second-order valence-electron chi connectivity index (χ2n) is 14.1. The summed E-state index contributed by atoms with van der Waals surface area (Å²) in [4.78, 5) is 15.1. The van der Waals surface area contributed by atoms with Gasteiger partial charge in [0.2, 0.25) is 0 Å². The van der Waals surface area contributed by atoms with Crippen LogP contribution in [-0.4, -0.2) is 24.1 Å². The van der Waals surface area contributed by atoms with Gasteiger partial charge in [0.05, 0.1) is 22.1 Å². The molecule has 0 N–H and O–H groups in total. The van der Waals surface area contributed by atoms with E-state index in [0.717, 1.165) is 50.2 Å². The van der Waals surface area contributed by atoms with E-state index < -0.39 is 0 Å². The molecule has 262 valence electrons. The molecule has 11 rings (SSSR count). The Balaban J connectivity index is 1.07. The minimum atomic E-state index is 0.627. The molecule has 0 aliphatic carbocycles. The van der Waals surface area contributed by atoms with Crippen LogP contribution in [-0.2, 0) is 0 Å². The number of hydrogen-bond donors (Lipinski definition) is 0. The van der Waals surface area contributed by atoms with Gasteiger partial charge in [0.1, 0.15) is 0 Å². The van der Waals surface area contributed by atoms with Crippen molar-refractivity contribution in [2.24, 2.45) is 0 Å². The van der Waals surface area contributed by atoms with E-state index in [2.05, 4.69) is 173 Å². The predicted molar refractivity (Wildman–Crippen MR) is 230 cm³/mol. The van der Waals surface area contributed by atoms with E-state index >= 15 is 0 Å². The van der Waals surface area contributed by atoms with E-state index in [4.69, 9.17) is 15.0 Å².